The van der Waals surface area contributed by atoms with Crippen LogP contribution in [-0.4, -0.2) is 0 Å². The molecule has 1 nitrogen and oxygen atoms in total. The zero-order chi connectivity index (χ0) is 42.6. The number of thiophene rings is 1. The monoisotopic (exact) mass is 845 g/mol. The van der Waals surface area contributed by atoms with E-state index >= 15 is 0 Å². The molecule has 10 aromatic rings. The molecule has 0 N–H and O–H groups in total. The summed E-state index contributed by atoms with van der Waals surface area (Å²) in [5, 5.41) is 5.25. The first kappa shape index (κ1) is 36.9. The highest BCUT2D eigenvalue weighted by atomic mass is 32.1. The van der Waals surface area contributed by atoms with Crippen LogP contribution in [0.5, 0.6) is 0 Å². The van der Waals surface area contributed by atoms with Crippen molar-refractivity contribution in [3.05, 3.63) is 245 Å². The predicted molar refractivity (Wildman–Crippen MR) is 277 cm³/mol. The van der Waals surface area contributed by atoms with E-state index in [0.29, 0.717) is 0 Å². The number of nitrogens with zero attached hydrogens (tertiary/aromatic N) is 1. The summed E-state index contributed by atoms with van der Waals surface area (Å²) in [4.78, 5) is 2.46. The summed E-state index contributed by atoms with van der Waals surface area (Å²) in [6, 6.07) is 71.4. The molecule has 1 heterocycles. The van der Waals surface area contributed by atoms with Crippen LogP contribution in [0.1, 0.15) is 52.6 Å². The Morgan fingerprint density at radius 1 is 0.431 bits per heavy atom. The Bertz CT molecular complexity index is 3730. The van der Waals surface area contributed by atoms with E-state index in [-0.39, 0.29) is 5.41 Å². The Morgan fingerprint density at radius 3 is 2.09 bits per heavy atom. The van der Waals surface area contributed by atoms with Crippen LogP contribution in [0, 0.1) is 0 Å². The van der Waals surface area contributed by atoms with Crippen LogP contribution in [0.25, 0.3) is 76.0 Å². The highest BCUT2D eigenvalue weighted by molar-refractivity contribution is 7.25. The molecule has 0 fully saturated rings. The molecule has 0 aliphatic heterocycles. The molecule has 1 spiro atoms. The lowest BCUT2D eigenvalue weighted by Crippen LogP contribution is -2.28. The standard InChI is InChI=1S/C63H43NS/c1-2-13-40(14-3-1)44-18-12-19-47(35-44)64(48-29-25-41-15-4-5-17-43(41)36-48)49-30-34-61-56(39-49)55-38-46(28-33-60(55)65-61)45-27-32-59-54(37-45)53-31-26-42-16-6-7-20-50(42)62(53)63(59)57-23-10-8-21-51(57)52-22-9-11-24-58(52)63/h1-4,6-10,12-16,18-23,25-39H,5,11,17,24H2. The van der Waals surface area contributed by atoms with E-state index in [1.54, 1.807) is 5.57 Å². The van der Waals surface area contributed by atoms with Crippen LogP contribution < -0.4 is 4.90 Å². The maximum absolute atomic E-state index is 2.51. The summed E-state index contributed by atoms with van der Waals surface area (Å²) in [5.74, 6) is 0. The van der Waals surface area contributed by atoms with Crippen molar-refractivity contribution in [1.29, 1.82) is 0 Å². The fourth-order valence-electron chi connectivity index (χ4n) is 12.0. The van der Waals surface area contributed by atoms with E-state index in [2.05, 4.69) is 217 Å². The van der Waals surface area contributed by atoms with Gasteiger partial charge in [-0.1, -0.05) is 152 Å². The highest BCUT2D eigenvalue weighted by Crippen LogP contribution is 2.65. The Balaban J connectivity index is 0.932. The number of hydrogen-bond donors (Lipinski definition) is 0. The van der Waals surface area contributed by atoms with Gasteiger partial charge in [-0.15, -0.1) is 11.3 Å². The van der Waals surface area contributed by atoms with Gasteiger partial charge in [0.25, 0.3) is 0 Å². The molecular formula is C63H43NS. The number of hydrogen-bond acceptors (Lipinski definition) is 2. The van der Waals surface area contributed by atoms with Gasteiger partial charge in [-0.25, -0.2) is 0 Å². The van der Waals surface area contributed by atoms with E-state index < -0.39 is 0 Å². The van der Waals surface area contributed by atoms with Crippen molar-refractivity contribution in [3.8, 4) is 33.4 Å². The normalized spacial score (nSPS) is 16.6. The summed E-state index contributed by atoms with van der Waals surface area (Å²) < 4.78 is 2.61. The SMILES string of the molecule is C1=CC2=C(CC1)C1(c3ccccc32)c2ccc(-c3ccc4sc5ccc(N(c6cccc(-c7ccccc7)c6)c6ccc7c(c6)CCC=C7)cc5c4c3)cc2-c2ccc3ccccc3c21. The molecule has 0 amide bonds. The summed E-state index contributed by atoms with van der Waals surface area (Å²) >= 11 is 1.89. The minimum atomic E-state index is -0.314. The second-order valence-electron chi connectivity index (χ2n) is 18.2. The number of benzene rings is 9. The first-order valence-corrected chi connectivity index (χ1v) is 23.9. The molecule has 0 saturated carbocycles. The number of aryl methyl sites for hydroxylation is 1. The van der Waals surface area contributed by atoms with E-state index in [0.717, 1.165) is 37.1 Å². The quantitative estimate of drug-likeness (QED) is 0.167. The van der Waals surface area contributed by atoms with Gasteiger partial charge in [-0.05, 0) is 175 Å². The second kappa shape index (κ2) is 14.2. The molecule has 306 valence electrons. The smallest absolute Gasteiger partial charge is 0.0694 e. The van der Waals surface area contributed by atoms with Crippen molar-refractivity contribution in [3.63, 3.8) is 0 Å². The van der Waals surface area contributed by atoms with E-state index in [4.69, 9.17) is 0 Å². The summed E-state index contributed by atoms with van der Waals surface area (Å²) in [5.41, 5.74) is 22.2. The highest BCUT2D eigenvalue weighted by Gasteiger charge is 2.53. The Labute approximate surface area is 383 Å². The molecule has 4 aliphatic carbocycles. The molecule has 65 heavy (non-hydrogen) atoms. The van der Waals surface area contributed by atoms with Crippen molar-refractivity contribution in [2.24, 2.45) is 0 Å². The average molecular weight is 846 g/mol. The molecular weight excluding hydrogens is 803 g/mol. The van der Waals surface area contributed by atoms with E-state index in [9.17, 15) is 0 Å². The number of rotatable bonds is 5. The van der Waals surface area contributed by atoms with Crippen LogP contribution in [0.3, 0.4) is 0 Å². The van der Waals surface area contributed by atoms with Crippen molar-refractivity contribution >= 4 is 71.0 Å². The number of fused-ring (bicyclic) bond motifs is 15. The third-order valence-electron chi connectivity index (χ3n) is 14.8. The molecule has 2 heteroatoms. The zero-order valence-corrected chi connectivity index (χ0v) is 36.7. The topological polar surface area (TPSA) is 3.24 Å². The number of allylic oxidation sites excluding steroid dienone is 5. The summed E-state index contributed by atoms with van der Waals surface area (Å²) in [7, 11) is 0. The van der Waals surface area contributed by atoms with Crippen molar-refractivity contribution in [1.82, 2.24) is 0 Å². The lowest BCUT2D eigenvalue weighted by molar-refractivity contribution is 0.719. The first-order valence-electron chi connectivity index (χ1n) is 23.1. The van der Waals surface area contributed by atoms with Gasteiger partial charge in [0.2, 0.25) is 0 Å². The predicted octanol–water partition coefficient (Wildman–Crippen LogP) is 17.4. The van der Waals surface area contributed by atoms with Crippen LogP contribution >= 0.6 is 11.3 Å². The van der Waals surface area contributed by atoms with Gasteiger partial charge in [0, 0.05) is 37.2 Å². The molecule has 1 unspecified atom stereocenters. The number of anilines is 3. The lowest BCUT2D eigenvalue weighted by atomic mass is 9.67. The molecule has 0 saturated heterocycles. The van der Waals surface area contributed by atoms with Gasteiger partial charge in [-0.2, -0.15) is 0 Å². The van der Waals surface area contributed by atoms with Gasteiger partial charge >= 0.3 is 0 Å². The molecule has 4 aliphatic rings. The Hall–Kier alpha value is -7.52. The fourth-order valence-corrected chi connectivity index (χ4v) is 13.0. The van der Waals surface area contributed by atoms with Crippen molar-refractivity contribution in [2.75, 3.05) is 4.90 Å². The van der Waals surface area contributed by atoms with Crippen molar-refractivity contribution < 1.29 is 0 Å². The first-order chi connectivity index (χ1) is 32.2. The van der Waals surface area contributed by atoms with Crippen LogP contribution in [0.15, 0.2) is 212 Å². The molecule has 14 rings (SSSR count). The minimum Gasteiger partial charge on any atom is -0.310 e. The average Bonchev–Trinajstić information content (AvgIpc) is 4.00. The van der Waals surface area contributed by atoms with E-state index in [1.807, 2.05) is 11.3 Å². The van der Waals surface area contributed by atoms with Crippen LogP contribution in [0.2, 0.25) is 0 Å². The van der Waals surface area contributed by atoms with E-state index in [1.165, 1.54) is 109 Å². The summed E-state index contributed by atoms with van der Waals surface area (Å²) in [6.45, 7) is 0. The molecule has 0 radical (unpaired) electrons. The van der Waals surface area contributed by atoms with Gasteiger partial charge in [0.1, 0.15) is 0 Å². The van der Waals surface area contributed by atoms with Crippen LogP contribution in [-0.2, 0) is 11.8 Å². The van der Waals surface area contributed by atoms with Gasteiger partial charge < -0.3 is 4.90 Å². The zero-order valence-electron chi connectivity index (χ0n) is 35.9. The van der Waals surface area contributed by atoms with Gasteiger partial charge in [-0.3, -0.25) is 0 Å². The maximum atomic E-state index is 2.51. The Kier molecular flexibility index (Phi) is 8.09. The lowest BCUT2D eigenvalue weighted by Gasteiger charge is -2.34. The van der Waals surface area contributed by atoms with Crippen molar-refractivity contribution in [2.45, 2.75) is 31.1 Å². The molecule has 0 bridgehead atoms. The third kappa shape index (κ3) is 5.44. The van der Waals surface area contributed by atoms with Crippen LogP contribution in [0.4, 0.5) is 17.1 Å². The largest absolute Gasteiger partial charge is 0.310 e. The second-order valence-corrected chi connectivity index (χ2v) is 19.3. The molecule has 9 aromatic carbocycles. The van der Waals surface area contributed by atoms with Gasteiger partial charge in [0.05, 0.1) is 5.41 Å². The summed E-state index contributed by atoms with van der Waals surface area (Å²) in [6.07, 6.45) is 13.6. The Morgan fingerprint density at radius 2 is 1.14 bits per heavy atom. The van der Waals surface area contributed by atoms with Gasteiger partial charge in [0.15, 0.2) is 0 Å². The molecule has 1 atom stereocenters. The fraction of sp³-hybridized carbons (Fsp3) is 0.0794. The third-order valence-corrected chi connectivity index (χ3v) is 15.9. The minimum absolute atomic E-state index is 0.314. The maximum Gasteiger partial charge on any atom is 0.0694 e. The molecule has 1 aromatic heterocycles.